The van der Waals surface area contributed by atoms with E-state index in [0.29, 0.717) is 34.0 Å². The van der Waals surface area contributed by atoms with E-state index >= 15 is 0 Å². The molecule has 0 bridgehead atoms. The van der Waals surface area contributed by atoms with Gasteiger partial charge in [-0.05, 0) is 18.2 Å². The van der Waals surface area contributed by atoms with Crippen LogP contribution in [0, 0.1) is 0 Å². The zero-order chi connectivity index (χ0) is 16.9. The monoisotopic (exact) mass is 327 g/mol. The van der Waals surface area contributed by atoms with Gasteiger partial charge in [0.1, 0.15) is 23.3 Å². The number of rotatable bonds is 6. The average Bonchev–Trinajstić information content (AvgIpc) is 2.65. The summed E-state index contributed by atoms with van der Waals surface area (Å²) in [7, 11) is 3.13. The van der Waals surface area contributed by atoms with Crippen molar-refractivity contribution in [3.05, 3.63) is 42.5 Å². The molecule has 1 atom stereocenters. The van der Waals surface area contributed by atoms with E-state index < -0.39 is 6.10 Å². The van der Waals surface area contributed by atoms with Gasteiger partial charge in [-0.25, -0.2) is 19.9 Å². The van der Waals surface area contributed by atoms with Crippen LogP contribution in [0.4, 0.5) is 5.82 Å². The van der Waals surface area contributed by atoms with E-state index in [1.165, 1.54) is 6.33 Å². The number of nitrogens with zero attached hydrogens (tertiary/aromatic N) is 4. The number of aromatic nitrogens is 4. The SMILES string of the molecule is COc1ccc(OC)c(C(O)CNc2ncnc3nccnc23)c1. The Morgan fingerprint density at radius 3 is 2.71 bits per heavy atom. The first-order chi connectivity index (χ1) is 11.7. The van der Waals surface area contributed by atoms with Crippen LogP contribution < -0.4 is 14.8 Å². The van der Waals surface area contributed by atoms with Crippen LogP contribution in [0.25, 0.3) is 11.2 Å². The summed E-state index contributed by atoms with van der Waals surface area (Å²) in [6.45, 7) is 0.214. The van der Waals surface area contributed by atoms with Crippen LogP contribution in [-0.4, -0.2) is 45.8 Å². The van der Waals surface area contributed by atoms with Gasteiger partial charge >= 0.3 is 0 Å². The molecule has 1 aromatic carbocycles. The zero-order valence-corrected chi connectivity index (χ0v) is 13.3. The van der Waals surface area contributed by atoms with Crippen LogP contribution in [0.15, 0.2) is 36.9 Å². The molecule has 0 saturated carbocycles. The Morgan fingerprint density at radius 2 is 1.92 bits per heavy atom. The van der Waals surface area contributed by atoms with E-state index in [0.717, 1.165) is 0 Å². The third kappa shape index (κ3) is 3.18. The van der Waals surface area contributed by atoms with Gasteiger partial charge in [-0.15, -0.1) is 0 Å². The van der Waals surface area contributed by atoms with Crippen molar-refractivity contribution >= 4 is 17.0 Å². The first-order valence-corrected chi connectivity index (χ1v) is 7.28. The van der Waals surface area contributed by atoms with Gasteiger partial charge in [-0.2, -0.15) is 0 Å². The number of ether oxygens (including phenoxy) is 2. The number of methoxy groups -OCH3 is 2. The van der Waals surface area contributed by atoms with Crippen molar-refractivity contribution in [2.24, 2.45) is 0 Å². The van der Waals surface area contributed by atoms with Crippen LogP contribution in [0.3, 0.4) is 0 Å². The number of hydrogen-bond acceptors (Lipinski definition) is 8. The third-order valence-electron chi connectivity index (χ3n) is 3.53. The first kappa shape index (κ1) is 15.9. The van der Waals surface area contributed by atoms with E-state index in [2.05, 4.69) is 25.3 Å². The van der Waals surface area contributed by atoms with Crippen molar-refractivity contribution in [2.45, 2.75) is 6.10 Å². The molecule has 2 N–H and O–H groups in total. The van der Waals surface area contributed by atoms with E-state index in [-0.39, 0.29) is 6.54 Å². The molecule has 0 aliphatic carbocycles. The predicted octanol–water partition coefficient (Wildman–Crippen LogP) is 1.58. The summed E-state index contributed by atoms with van der Waals surface area (Å²) in [5.74, 6) is 1.73. The third-order valence-corrected chi connectivity index (χ3v) is 3.53. The highest BCUT2D eigenvalue weighted by atomic mass is 16.5. The lowest BCUT2D eigenvalue weighted by molar-refractivity contribution is 0.186. The van der Waals surface area contributed by atoms with Crippen molar-refractivity contribution in [3.63, 3.8) is 0 Å². The second kappa shape index (κ2) is 7.05. The summed E-state index contributed by atoms with van der Waals surface area (Å²) >= 11 is 0. The Morgan fingerprint density at radius 1 is 1.08 bits per heavy atom. The Bertz CT molecular complexity index is 838. The van der Waals surface area contributed by atoms with Gasteiger partial charge < -0.3 is 19.9 Å². The van der Waals surface area contributed by atoms with E-state index in [1.54, 1.807) is 44.8 Å². The maximum absolute atomic E-state index is 10.5. The molecule has 3 aromatic rings. The molecule has 0 fully saturated rings. The number of benzene rings is 1. The van der Waals surface area contributed by atoms with Crippen molar-refractivity contribution in [1.82, 2.24) is 19.9 Å². The van der Waals surface area contributed by atoms with Crippen molar-refractivity contribution in [1.29, 1.82) is 0 Å². The molecule has 1 unspecified atom stereocenters. The number of hydrogen-bond donors (Lipinski definition) is 2. The van der Waals surface area contributed by atoms with Crippen LogP contribution in [0.1, 0.15) is 11.7 Å². The first-order valence-electron chi connectivity index (χ1n) is 7.28. The number of aliphatic hydroxyl groups excluding tert-OH is 1. The molecule has 0 spiro atoms. The van der Waals surface area contributed by atoms with Crippen LogP contribution >= 0.6 is 0 Å². The maximum atomic E-state index is 10.5. The smallest absolute Gasteiger partial charge is 0.183 e. The molecule has 0 aliphatic rings. The maximum Gasteiger partial charge on any atom is 0.183 e. The molecule has 0 aliphatic heterocycles. The quantitative estimate of drug-likeness (QED) is 0.703. The zero-order valence-electron chi connectivity index (χ0n) is 13.3. The molecule has 2 heterocycles. The van der Waals surface area contributed by atoms with E-state index in [4.69, 9.17) is 9.47 Å². The number of aliphatic hydroxyl groups is 1. The lowest BCUT2D eigenvalue weighted by Gasteiger charge is -2.17. The molecule has 8 heteroatoms. The number of anilines is 1. The Kier molecular flexibility index (Phi) is 4.66. The highest BCUT2D eigenvalue weighted by molar-refractivity contribution is 5.81. The molecule has 0 radical (unpaired) electrons. The average molecular weight is 327 g/mol. The molecule has 24 heavy (non-hydrogen) atoms. The van der Waals surface area contributed by atoms with E-state index in [9.17, 15) is 5.11 Å². The minimum Gasteiger partial charge on any atom is -0.497 e. The molecule has 2 aromatic heterocycles. The molecule has 0 amide bonds. The Balaban J connectivity index is 1.81. The number of nitrogens with one attached hydrogen (secondary N) is 1. The summed E-state index contributed by atoms with van der Waals surface area (Å²) < 4.78 is 10.5. The minimum absolute atomic E-state index is 0.214. The number of fused-ring (bicyclic) bond motifs is 1. The summed E-state index contributed by atoms with van der Waals surface area (Å²) in [6, 6.07) is 5.27. The minimum atomic E-state index is -0.822. The highest BCUT2D eigenvalue weighted by Crippen LogP contribution is 2.29. The fourth-order valence-corrected chi connectivity index (χ4v) is 2.33. The summed E-state index contributed by atoms with van der Waals surface area (Å²) in [5, 5.41) is 13.6. The fraction of sp³-hybridized carbons (Fsp3) is 0.250. The molecular formula is C16H17N5O3. The highest BCUT2D eigenvalue weighted by Gasteiger charge is 2.15. The topological polar surface area (TPSA) is 102 Å². The van der Waals surface area contributed by atoms with Gasteiger partial charge in [0, 0.05) is 24.5 Å². The second-order valence-corrected chi connectivity index (χ2v) is 4.96. The van der Waals surface area contributed by atoms with Crippen LogP contribution in [-0.2, 0) is 0 Å². The van der Waals surface area contributed by atoms with E-state index in [1.807, 2.05) is 0 Å². The van der Waals surface area contributed by atoms with Gasteiger partial charge in [0.05, 0.1) is 20.3 Å². The standard InChI is InChI=1S/C16H17N5O3/c1-23-10-3-4-13(24-2)11(7-10)12(22)8-19-16-14-15(20-9-21-16)18-6-5-17-14/h3-7,9,12,22H,8H2,1-2H3,(H,18,19,20,21). The molecule has 3 rings (SSSR count). The van der Waals surface area contributed by atoms with Crippen molar-refractivity contribution < 1.29 is 14.6 Å². The molecular weight excluding hydrogens is 310 g/mol. The normalized spacial score (nSPS) is 12.0. The molecule has 0 saturated heterocycles. The largest absolute Gasteiger partial charge is 0.497 e. The van der Waals surface area contributed by atoms with Gasteiger partial charge in [0.25, 0.3) is 0 Å². The molecule has 124 valence electrons. The summed E-state index contributed by atoms with van der Waals surface area (Å²) in [4.78, 5) is 16.6. The predicted molar refractivity (Wildman–Crippen MR) is 88.1 cm³/mol. The lowest BCUT2D eigenvalue weighted by Crippen LogP contribution is -2.14. The Hall–Kier alpha value is -3.00. The summed E-state index contributed by atoms with van der Waals surface area (Å²) in [6.07, 6.45) is 3.71. The Labute approximate surface area is 138 Å². The van der Waals surface area contributed by atoms with Crippen LogP contribution in [0.2, 0.25) is 0 Å². The van der Waals surface area contributed by atoms with Crippen LogP contribution in [0.5, 0.6) is 11.5 Å². The van der Waals surface area contributed by atoms with Gasteiger partial charge in [0.2, 0.25) is 0 Å². The van der Waals surface area contributed by atoms with Gasteiger partial charge in [0.15, 0.2) is 11.5 Å². The van der Waals surface area contributed by atoms with Crippen molar-refractivity contribution in [2.75, 3.05) is 26.1 Å². The second-order valence-electron chi connectivity index (χ2n) is 4.96. The summed E-state index contributed by atoms with van der Waals surface area (Å²) in [5.41, 5.74) is 1.65. The van der Waals surface area contributed by atoms with Gasteiger partial charge in [-0.3, -0.25) is 0 Å². The van der Waals surface area contributed by atoms with Gasteiger partial charge in [-0.1, -0.05) is 0 Å². The van der Waals surface area contributed by atoms with Crippen molar-refractivity contribution in [3.8, 4) is 11.5 Å². The molecule has 8 nitrogen and oxygen atoms in total. The lowest BCUT2D eigenvalue weighted by atomic mass is 10.1. The fourth-order valence-electron chi connectivity index (χ4n) is 2.33.